The summed E-state index contributed by atoms with van der Waals surface area (Å²) in [5.74, 6) is 0.218. The number of halogens is 1. The number of hydrogen-bond acceptors (Lipinski definition) is 7. The van der Waals surface area contributed by atoms with E-state index in [0.29, 0.717) is 24.1 Å². The van der Waals surface area contributed by atoms with Gasteiger partial charge >= 0.3 is 0 Å². The highest BCUT2D eigenvalue weighted by molar-refractivity contribution is 7.89. The van der Waals surface area contributed by atoms with E-state index < -0.39 is 15.9 Å². The number of rotatable bonds is 5. The van der Waals surface area contributed by atoms with Gasteiger partial charge in [-0.25, -0.2) is 13.4 Å². The molecule has 1 aromatic heterocycles. The summed E-state index contributed by atoms with van der Waals surface area (Å²) in [7, 11) is -2.26. The van der Waals surface area contributed by atoms with E-state index in [-0.39, 0.29) is 28.6 Å². The fourth-order valence-corrected chi connectivity index (χ4v) is 5.82. The molecule has 4 rings (SSSR count). The van der Waals surface area contributed by atoms with Gasteiger partial charge in [-0.15, -0.1) is 0 Å². The van der Waals surface area contributed by atoms with Crippen molar-refractivity contribution in [2.45, 2.75) is 4.90 Å². The van der Waals surface area contributed by atoms with Crippen LogP contribution >= 0.6 is 22.9 Å². The fraction of sp³-hybridized carbons (Fsp3) is 0.263. The van der Waals surface area contributed by atoms with Gasteiger partial charge in [0.1, 0.15) is 10.6 Å². The predicted molar refractivity (Wildman–Crippen MR) is 115 cm³/mol. The minimum Gasteiger partial charge on any atom is -0.497 e. The molecule has 2 heterocycles. The molecule has 8 nitrogen and oxygen atoms in total. The number of methoxy groups -OCH3 is 1. The van der Waals surface area contributed by atoms with Gasteiger partial charge in [0, 0.05) is 18.7 Å². The van der Waals surface area contributed by atoms with Crippen LogP contribution in [0.25, 0.3) is 10.2 Å². The van der Waals surface area contributed by atoms with E-state index in [1.807, 2.05) is 6.07 Å². The summed E-state index contributed by atoms with van der Waals surface area (Å²) in [5.41, 5.74) is 0.894. The predicted octanol–water partition coefficient (Wildman–Crippen LogP) is 3.23. The third kappa shape index (κ3) is 4.14. The molecule has 0 radical (unpaired) electrons. The van der Waals surface area contributed by atoms with Crippen molar-refractivity contribution in [1.29, 1.82) is 0 Å². The van der Waals surface area contributed by atoms with Gasteiger partial charge in [0.2, 0.25) is 10.0 Å². The molecule has 3 aromatic rings. The Hall–Kier alpha value is -2.24. The molecule has 1 aliphatic heterocycles. The van der Waals surface area contributed by atoms with Gasteiger partial charge < -0.3 is 9.47 Å². The zero-order valence-corrected chi connectivity index (χ0v) is 18.3. The van der Waals surface area contributed by atoms with Crippen LogP contribution < -0.4 is 10.1 Å². The lowest BCUT2D eigenvalue weighted by molar-refractivity contribution is 0.0730. The maximum Gasteiger partial charge on any atom is 0.257 e. The van der Waals surface area contributed by atoms with Gasteiger partial charge in [0.05, 0.1) is 35.6 Å². The third-order valence-electron chi connectivity index (χ3n) is 4.60. The molecule has 0 bridgehead atoms. The van der Waals surface area contributed by atoms with E-state index in [1.54, 1.807) is 19.2 Å². The van der Waals surface area contributed by atoms with E-state index in [1.165, 1.54) is 33.8 Å². The number of nitrogens with zero attached hydrogens (tertiary/aromatic N) is 2. The van der Waals surface area contributed by atoms with Gasteiger partial charge in [0.15, 0.2) is 5.13 Å². The van der Waals surface area contributed by atoms with Gasteiger partial charge in [-0.3, -0.25) is 10.1 Å². The van der Waals surface area contributed by atoms with Crippen LogP contribution in [-0.4, -0.2) is 57.0 Å². The molecule has 11 heteroatoms. The van der Waals surface area contributed by atoms with E-state index in [2.05, 4.69) is 10.3 Å². The second-order valence-electron chi connectivity index (χ2n) is 6.47. The Morgan fingerprint density at radius 1 is 1.23 bits per heavy atom. The summed E-state index contributed by atoms with van der Waals surface area (Å²) < 4.78 is 38.5. The molecule has 158 valence electrons. The van der Waals surface area contributed by atoms with Crippen LogP contribution in [0.5, 0.6) is 5.75 Å². The average molecular weight is 468 g/mol. The molecule has 0 aliphatic carbocycles. The number of benzene rings is 2. The molecule has 0 unspecified atom stereocenters. The number of carbonyl (C=O) groups excluding carboxylic acids is 1. The summed E-state index contributed by atoms with van der Waals surface area (Å²) in [6, 6.07) is 9.60. The molecule has 1 fully saturated rings. The van der Waals surface area contributed by atoms with Crippen LogP contribution in [0.4, 0.5) is 5.13 Å². The minimum atomic E-state index is -3.84. The van der Waals surface area contributed by atoms with Crippen molar-refractivity contribution in [2.24, 2.45) is 0 Å². The molecule has 1 aliphatic rings. The van der Waals surface area contributed by atoms with Crippen LogP contribution in [0, 0.1) is 0 Å². The van der Waals surface area contributed by atoms with E-state index >= 15 is 0 Å². The summed E-state index contributed by atoms with van der Waals surface area (Å²) in [4.78, 5) is 17.0. The number of carbonyl (C=O) groups is 1. The van der Waals surface area contributed by atoms with Crippen LogP contribution in [0.15, 0.2) is 41.3 Å². The zero-order valence-electron chi connectivity index (χ0n) is 15.9. The number of anilines is 1. The van der Waals surface area contributed by atoms with Crippen molar-refractivity contribution in [2.75, 3.05) is 38.7 Å². The standard InChI is InChI=1S/C19H18ClN3O5S2/c1-27-13-3-5-15-16(11-13)29-19(21-15)22-18(24)12-2-4-14(20)17(10-12)30(25,26)23-6-8-28-9-7-23/h2-5,10-11H,6-9H2,1H3,(H,21,22,24). The van der Waals surface area contributed by atoms with Crippen LogP contribution in [0.2, 0.25) is 5.02 Å². The quantitative estimate of drug-likeness (QED) is 0.618. The second kappa shape index (κ2) is 8.48. The highest BCUT2D eigenvalue weighted by Crippen LogP contribution is 2.30. The topological polar surface area (TPSA) is 97.8 Å². The Labute approximate surface area is 182 Å². The normalized spacial score (nSPS) is 15.3. The van der Waals surface area contributed by atoms with E-state index in [4.69, 9.17) is 21.1 Å². The lowest BCUT2D eigenvalue weighted by Gasteiger charge is -2.26. The number of aromatic nitrogens is 1. The number of nitrogens with one attached hydrogen (secondary N) is 1. The Balaban J connectivity index is 1.59. The fourth-order valence-electron chi connectivity index (χ4n) is 3.02. The Bertz CT molecular complexity index is 1210. The molecule has 0 atom stereocenters. The molecule has 0 spiro atoms. The molecule has 1 amide bonds. The molecule has 2 aromatic carbocycles. The molecular weight excluding hydrogens is 450 g/mol. The van der Waals surface area contributed by atoms with Crippen molar-refractivity contribution in [3.05, 3.63) is 47.0 Å². The van der Waals surface area contributed by atoms with Gasteiger partial charge in [-0.1, -0.05) is 22.9 Å². The maximum atomic E-state index is 13.0. The van der Waals surface area contributed by atoms with Gasteiger partial charge in [-0.05, 0) is 36.4 Å². The number of sulfonamides is 1. The molecule has 30 heavy (non-hydrogen) atoms. The van der Waals surface area contributed by atoms with Crippen LogP contribution in [-0.2, 0) is 14.8 Å². The highest BCUT2D eigenvalue weighted by Gasteiger charge is 2.29. The van der Waals surface area contributed by atoms with Gasteiger partial charge in [-0.2, -0.15) is 4.31 Å². The Morgan fingerprint density at radius 2 is 2.00 bits per heavy atom. The van der Waals surface area contributed by atoms with Crippen molar-refractivity contribution in [1.82, 2.24) is 9.29 Å². The van der Waals surface area contributed by atoms with Crippen molar-refractivity contribution < 1.29 is 22.7 Å². The first-order valence-corrected chi connectivity index (χ1v) is 11.7. The first-order chi connectivity index (χ1) is 14.4. The maximum absolute atomic E-state index is 13.0. The Morgan fingerprint density at radius 3 is 2.73 bits per heavy atom. The number of morpholine rings is 1. The van der Waals surface area contributed by atoms with Gasteiger partial charge in [0.25, 0.3) is 5.91 Å². The van der Waals surface area contributed by atoms with E-state index in [9.17, 15) is 13.2 Å². The molecule has 1 N–H and O–H groups in total. The number of fused-ring (bicyclic) bond motifs is 1. The molecule has 0 saturated carbocycles. The number of ether oxygens (including phenoxy) is 2. The van der Waals surface area contributed by atoms with Crippen LogP contribution in [0.1, 0.15) is 10.4 Å². The third-order valence-corrected chi connectivity index (χ3v) is 7.91. The number of hydrogen-bond donors (Lipinski definition) is 1. The zero-order chi connectivity index (χ0) is 21.3. The molecular formula is C19H18ClN3O5S2. The van der Waals surface area contributed by atoms with E-state index in [0.717, 1.165) is 10.2 Å². The van der Waals surface area contributed by atoms with Crippen LogP contribution in [0.3, 0.4) is 0 Å². The summed E-state index contributed by atoms with van der Waals surface area (Å²) in [6.45, 7) is 1.12. The lowest BCUT2D eigenvalue weighted by Crippen LogP contribution is -2.40. The average Bonchev–Trinajstić information content (AvgIpc) is 3.15. The lowest BCUT2D eigenvalue weighted by atomic mass is 10.2. The Kier molecular flexibility index (Phi) is 5.94. The van der Waals surface area contributed by atoms with Crippen molar-refractivity contribution in [3.8, 4) is 5.75 Å². The SMILES string of the molecule is COc1ccc2nc(NC(=O)c3ccc(Cl)c(S(=O)(=O)N4CCOCC4)c3)sc2c1. The van der Waals surface area contributed by atoms with Crippen molar-refractivity contribution >= 4 is 54.2 Å². The number of amides is 1. The highest BCUT2D eigenvalue weighted by atomic mass is 35.5. The first kappa shape index (κ1) is 21.0. The van der Waals surface area contributed by atoms with Crippen molar-refractivity contribution in [3.63, 3.8) is 0 Å². The molecule has 1 saturated heterocycles. The largest absolute Gasteiger partial charge is 0.497 e. The summed E-state index contributed by atoms with van der Waals surface area (Å²) >= 11 is 7.45. The first-order valence-electron chi connectivity index (χ1n) is 9.02. The second-order valence-corrected chi connectivity index (χ2v) is 9.81. The summed E-state index contributed by atoms with van der Waals surface area (Å²) in [5, 5.41) is 3.18. The number of thiazole rings is 1. The smallest absolute Gasteiger partial charge is 0.257 e. The summed E-state index contributed by atoms with van der Waals surface area (Å²) in [6.07, 6.45) is 0. The minimum absolute atomic E-state index is 0.0603. The monoisotopic (exact) mass is 467 g/mol.